The molecule has 1 aromatic carbocycles. The summed E-state index contributed by atoms with van der Waals surface area (Å²) in [5.41, 5.74) is 8.98. The summed E-state index contributed by atoms with van der Waals surface area (Å²) in [6.07, 6.45) is 2.99. The first-order valence-electron chi connectivity index (χ1n) is 8.78. The number of rotatable bonds is 5. The zero-order valence-electron chi connectivity index (χ0n) is 15.6. The van der Waals surface area contributed by atoms with Crippen LogP contribution in [0.3, 0.4) is 0 Å². The number of carbonyl (C=O) groups excluding carboxylic acids is 1. The van der Waals surface area contributed by atoms with E-state index in [9.17, 15) is 10.1 Å². The van der Waals surface area contributed by atoms with Crippen molar-refractivity contribution in [3.8, 4) is 11.9 Å². The number of carbonyl (C=O) groups is 1. The van der Waals surface area contributed by atoms with E-state index in [1.807, 2.05) is 17.0 Å². The number of hydrogen-bond donors (Lipinski definition) is 2. The van der Waals surface area contributed by atoms with Crippen LogP contribution in [-0.2, 0) is 13.1 Å². The van der Waals surface area contributed by atoms with E-state index >= 15 is 0 Å². The molecule has 144 valence electrons. The minimum atomic E-state index is -0.617. The molecule has 0 atom stereocenters. The number of fused-ring (bicyclic) bond motifs is 1. The van der Waals surface area contributed by atoms with Gasteiger partial charge in [0.15, 0.2) is 0 Å². The molecular weight excluding hydrogens is 370 g/mol. The van der Waals surface area contributed by atoms with Gasteiger partial charge in [0.1, 0.15) is 11.4 Å². The quantitative estimate of drug-likeness (QED) is 0.681. The van der Waals surface area contributed by atoms with Crippen molar-refractivity contribution >= 4 is 23.4 Å². The molecule has 0 radical (unpaired) electrons. The SMILES string of the molecule is COc1ccc(Nc2ncc(C(N)=O)c(N3Cc4cccc(C#N)c4C3)n2)cn1. The lowest BCUT2D eigenvalue weighted by atomic mass is 10.1. The number of nitriles is 1. The highest BCUT2D eigenvalue weighted by molar-refractivity contribution is 5.97. The van der Waals surface area contributed by atoms with Crippen molar-refractivity contribution in [2.75, 3.05) is 17.3 Å². The van der Waals surface area contributed by atoms with E-state index in [1.54, 1.807) is 31.5 Å². The molecule has 3 heterocycles. The lowest BCUT2D eigenvalue weighted by molar-refractivity contribution is 0.1000. The fourth-order valence-corrected chi connectivity index (χ4v) is 3.23. The van der Waals surface area contributed by atoms with E-state index in [-0.39, 0.29) is 5.56 Å². The monoisotopic (exact) mass is 387 g/mol. The average molecular weight is 387 g/mol. The number of anilines is 3. The van der Waals surface area contributed by atoms with Gasteiger partial charge in [0, 0.05) is 25.4 Å². The highest BCUT2D eigenvalue weighted by atomic mass is 16.5. The normalized spacial score (nSPS) is 12.2. The zero-order chi connectivity index (χ0) is 20.4. The number of methoxy groups -OCH3 is 1. The number of nitrogens with one attached hydrogen (secondary N) is 1. The standard InChI is InChI=1S/C20H17N7O2/c1-29-17-6-5-14(8-23-17)25-20-24-9-15(18(22)28)19(26-20)27-10-13-4-2-3-12(7-21)16(13)11-27/h2-6,8-9H,10-11H2,1H3,(H2,22,28)(H,24,25,26). The summed E-state index contributed by atoms with van der Waals surface area (Å²) in [5, 5.41) is 12.4. The maximum absolute atomic E-state index is 11.9. The second-order valence-corrected chi connectivity index (χ2v) is 6.42. The van der Waals surface area contributed by atoms with Gasteiger partial charge in [0.2, 0.25) is 11.8 Å². The fraction of sp³-hybridized carbons (Fsp3) is 0.150. The van der Waals surface area contributed by atoms with Gasteiger partial charge in [0.05, 0.1) is 30.6 Å². The van der Waals surface area contributed by atoms with E-state index < -0.39 is 5.91 Å². The molecule has 9 heteroatoms. The van der Waals surface area contributed by atoms with Crippen LogP contribution in [0.2, 0.25) is 0 Å². The number of amides is 1. The minimum Gasteiger partial charge on any atom is -0.481 e. The van der Waals surface area contributed by atoms with Gasteiger partial charge < -0.3 is 20.7 Å². The van der Waals surface area contributed by atoms with E-state index in [2.05, 4.69) is 26.3 Å². The smallest absolute Gasteiger partial charge is 0.254 e. The number of ether oxygens (including phenoxy) is 1. The van der Waals surface area contributed by atoms with Crippen LogP contribution < -0.4 is 20.7 Å². The van der Waals surface area contributed by atoms with Crippen molar-refractivity contribution in [2.24, 2.45) is 5.73 Å². The molecule has 1 amide bonds. The number of pyridine rings is 1. The summed E-state index contributed by atoms with van der Waals surface area (Å²) in [6, 6.07) is 11.3. The van der Waals surface area contributed by atoms with Crippen molar-refractivity contribution in [2.45, 2.75) is 13.1 Å². The second-order valence-electron chi connectivity index (χ2n) is 6.42. The Morgan fingerprint density at radius 2 is 2.10 bits per heavy atom. The highest BCUT2D eigenvalue weighted by Crippen LogP contribution is 2.31. The molecule has 0 saturated carbocycles. The molecule has 4 rings (SSSR count). The van der Waals surface area contributed by atoms with Gasteiger partial charge in [0.25, 0.3) is 5.91 Å². The van der Waals surface area contributed by atoms with E-state index in [0.29, 0.717) is 42.0 Å². The molecule has 1 aliphatic heterocycles. The summed E-state index contributed by atoms with van der Waals surface area (Å²) in [5.74, 6) is 0.587. The highest BCUT2D eigenvalue weighted by Gasteiger charge is 2.26. The molecule has 29 heavy (non-hydrogen) atoms. The van der Waals surface area contributed by atoms with Crippen molar-refractivity contribution in [3.63, 3.8) is 0 Å². The van der Waals surface area contributed by atoms with Crippen LogP contribution in [-0.4, -0.2) is 28.0 Å². The Morgan fingerprint density at radius 1 is 1.24 bits per heavy atom. The average Bonchev–Trinajstić information content (AvgIpc) is 3.18. The molecule has 0 fully saturated rings. The number of benzene rings is 1. The molecule has 9 nitrogen and oxygen atoms in total. The zero-order valence-corrected chi connectivity index (χ0v) is 15.6. The van der Waals surface area contributed by atoms with Crippen molar-refractivity contribution in [3.05, 3.63) is 65.0 Å². The first kappa shape index (κ1) is 18.2. The number of hydrogen-bond acceptors (Lipinski definition) is 8. The van der Waals surface area contributed by atoms with Crippen LogP contribution in [0.15, 0.2) is 42.7 Å². The van der Waals surface area contributed by atoms with Crippen LogP contribution in [0.25, 0.3) is 0 Å². The van der Waals surface area contributed by atoms with Crippen LogP contribution in [0, 0.1) is 11.3 Å². The molecule has 0 bridgehead atoms. The van der Waals surface area contributed by atoms with Crippen LogP contribution in [0.4, 0.5) is 17.5 Å². The van der Waals surface area contributed by atoms with Crippen molar-refractivity contribution in [1.82, 2.24) is 15.0 Å². The first-order chi connectivity index (χ1) is 14.1. The van der Waals surface area contributed by atoms with Crippen molar-refractivity contribution < 1.29 is 9.53 Å². The van der Waals surface area contributed by atoms with Gasteiger partial charge in [-0.05, 0) is 23.3 Å². The number of aromatic nitrogens is 3. The number of nitrogens with zero attached hydrogens (tertiary/aromatic N) is 5. The third kappa shape index (κ3) is 3.51. The van der Waals surface area contributed by atoms with E-state index in [1.165, 1.54) is 6.20 Å². The Kier molecular flexibility index (Phi) is 4.66. The maximum Gasteiger partial charge on any atom is 0.254 e. The largest absolute Gasteiger partial charge is 0.481 e. The van der Waals surface area contributed by atoms with Crippen molar-refractivity contribution in [1.29, 1.82) is 5.26 Å². The van der Waals surface area contributed by atoms with Gasteiger partial charge in [-0.1, -0.05) is 12.1 Å². The predicted molar refractivity (Wildman–Crippen MR) is 106 cm³/mol. The molecule has 3 aromatic rings. The first-order valence-corrected chi connectivity index (χ1v) is 8.78. The summed E-state index contributed by atoms with van der Waals surface area (Å²) in [4.78, 5) is 26.7. The van der Waals surface area contributed by atoms with Gasteiger partial charge in [-0.2, -0.15) is 10.2 Å². The Labute approximate surface area is 166 Å². The summed E-state index contributed by atoms with van der Waals surface area (Å²) >= 11 is 0. The van der Waals surface area contributed by atoms with E-state index in [0.717, 1.165) is 11.1 Å². The molecular formula is C20H17N7O2. The molecule has 3 N–H and O–H groups in total. The Hall–Kier alpha value is -4.19. The van der Waals surface area contributed by atoms with Gasteiger partial charge >= 0.3 is 0 Å². The Morgan fingerprint density at radius 3 is 2.79 bits per heavy atom. The van der Waals surface area contributed by atoms with Crippen LogP contribution >= 0.6 is 0 Å². The van der Waals surface area contributed by atoms with Crippen LogP contribution in [0.1, 0.15) is 27.0 Å². The third-order valence-electron chi connectivity index (χ3n) is 4.64. The molecule has 1 aliphatic rings. The number of primary amides is 1. The molecule has 2 aromatic heterocycles. The fourth-order valence-electron chi connectivity index (χ4n) is 3.23. The van der Waals surface area contributed by atoms with E-state index in [4.69, 9.17) is 10.5 Å². The maximum atomic E-state index is 11.9. The lowest BCUT2D eigenvalue weighted by Crippen LogP contribution is -2.23. The molecule has 0 aliphatic carbocycles. The topological polar surface area (TPSA) is 130 Å². The number of nitrogens with two attached hydrogens (primary N) is 1. The summed E-state index contributed by atoms with van der Waals surface area (Å²) in [7, 11) is 1.54. The van der Waals surface area contributed by atoms with Gasteiger partial charge in [-0.15, -0.1) is 0 Å². The summed E-state index contributed by atoms with van der Waals surface area (Å²) < 4.78 is 5.05. The molecule has 0 spiro atoms. The second kappa shape index (κ2) is 7.44. The molecule has 0 unspecified atom stereocenters. The predicted octanol–water partition coefficient (Wildman–Crippen LogP) is 2.11. The lowest BCUT2D eigenvalue weighted by Gasteiger charge is -2.19. The molecule has 0 saturated heterocycles. The minimum absolute atomic E-state index is 0.217. The Bertz CT molecular complexity index is 1120. The Balaban J connectivity index is 1.66. The van der Waals surface area contributed by atoms with Crippen LogP contribution in [0.5, 0.6) is 5.88 Å². The summed E-state index contributed by atoms with van der Waals surface area (Å²) in [6.45, 7) is 0.978. The van der Waals surface area contributed by atoms with Gasteiger partial charge in [-0.3, -0.25) is 4.79 Å². The van der Waals surface area contributed by atoms with Gasteiger partial charge in [-0.25, -0.2) is 9.97 Å². The third-order valence-corrected chi connectivity index (χ3v) is 4.64.